The van der Waals surface area contributed by atoms with Crippen LogP contribution in [0.1, 0.15) is 23.0 Å². The molecule has 1 fully saturated rings. The third-order valence-electron chi connectivity index (χ3n) is 3.83. The van der Waals surface area contributed by atoms with Crippen LogP contribution in [0.15, 0.2) is 42.5 Å². The average Bonchev–Trinajstić information content (AvgIpc) is 3.04. The van der Waals surface area contributed by atoms with E-state index in [0.717, 1.165) is 16.9 Å². The molecule has 0 heterocycles. The number of ether oxygens (including phenoxy) is 1. The molecule has 110 valence electrons. The van der Waals surface area contributed by atoms with Crippen molar-refractivity contribution in [1.82, 2.24) is 0 Å². The topological polar surface area (TPSA) is 9.23 Å². The first-order chi connectivity index (χ1) is 9.95. The Morgan fingerprint density at radius 3 is 2.14 bits per heavy atom. The molecule has 2 aromatic carbocycles. The lowest BCUT2D eigenvalue weighted by molar-refractivity contribution is 0.414. The van der Waals surface area contributed by atoms with Crippen LogP contribution in [0.3, 0.4) is 0 Å². The summed E-state index contributed by atoms with van der Waals surface area (Å²) in [6.45, 7) is 0. The van der Waals surface area contributed by atoms with Crippen molar-refractivity contribution in [1.29, 1.82) is 0 Å². The quantitative estimate of drug-likeness (QED) is 0.663. The van der Waals surface area contributed by atoms with E-state index in [1.165, 1.54) is 12.1 Å². The molecular weight excluding hydrogens is 334 g/mol. The molecule has 1 saturated carbocycles. The summed E-state index contributed by atoms with van der Waals surface area (Å²) in [4.78, 5) is 0. The van der Waals surface area contributed by atoms with E-state index >= 15 is 0 Å². The van der Waals surface area contributed by atoms with Gasteiger partial charge in [0.25, 0.3) is 0 Å². The first-order valence-corrected chi connectivity index (χ1v) is 7.55. The van der Waals surface area contributed by atoms with Gasteiger partial charge in [0.15, 0.2) is 0 Å². The van der Waals surface area contributed by atoms with Gasteiger partial charge in [-0.25, -0.2) is 4.39 Å². The Labute approximate surface area is 137 Å². The zero-order valence-corrected chi connectivity index (χ0v) is 13.4. The zero-order valence-electron chi connectivity index (χ0n) is 11.1. The van der Waals surface area contributed by atoms with Crippen molar-refractivity contribution in [3.05, 3.63) is 64.4 Å². The largest absolute Gasteiger partial charge is 0.497 e. The molecule has 0 bridgehead atoms. The Morgan fingerprint density at radius 2 is 1.57 bits per heavy atom. The molecule has 1 nitrogen and oxygen atoms in total. The van der Waals surface area contributed by atoms with Crippen LogP contribution in [-0.2, 0) is 0 Å². The van der Waals surface area contributed by atoms with Crippen LogP contribution in [-0.4, -0.2) is 11.4 Å². The van der Waals surface area contributed by atoms with Crippen molar-refractivity contribution in [2.24, 2.45) is 0 Å². The second-order valence-electron chi connectivity index (χ2n) is 5.08. The summed E-state index contributed by atoms with van der Waals surface area (Å²) in [7, 11) is 1.61. The molecule has 1 aliphatic rings. The Hall–Kier alpha value is -0.960. The summed E-state index contributed by atoms with van der Waals surface area (Å²) < 4.78 is 17.8. The summed E-state index contributed by atoms with van der Waals surface area (Å²) in [5, 5.41) is 0.0927. The lowest BCUT2D eigenvalue weighted by Crippen LogP contribution is -1.91. The summed E-state index contributed by atoms with van der Waals surface area (Å²) in [6, 6.07) is 12.3. The Balaban J connectivity index is 1.91. The van der Waals surface area contributed by atoms with Crippen molar-refractivity contribution in [2.75, 3.05) is 7.11 Å². The van der Waals surface area contributed by atoms with Crippen LogP contribution in [0.5, 0.6) is 5.75 Å². The summed E-state index contributed by atoms with van der Waals surface area (Å²) in [5.41, 5.74) is 1.75. The lowest BCUT2D eigenvalue weighted by atomic mass is 10.0. The molecule has 5 heteroatoms. The fourth-order valence-corrected chi connectivity index (χ4v) is 3.67. The third-order valence-corrected chi connectivity index (χ3v) is 5.08. The Bertz CT molecular complexity index is 670. The standard InChI is InChI=1S/C16H12Cl3FO/c1-21-11-5-2-9(3-6-11)14-15(16(14,18)19)10-4-7-12(17)13(20)8-10/h2-8,14-15H,1H3/t14-,15-/m1/s1. The fraction of sp³-hybridized carbons (Fsp3) is 0.250. The van der Waals surface area contributed by atoms with E-state index in [0.29, 0.717) is 0 Å². The molecule has 0 saturated heterocycles. The SMILES string of the molecule is COc1ccc([C@@H]2[C@@H](c3ccc(Cl)c(F)c3)C2(Cl)Cl)cc1. The number of methoxy groups -OCH3 is 1. The molecule has 1 aliphatic carbocycles. The number of hydrogen-bond acceptors (Lipinski definition) is 1. The van der Waals surface area contributed by atoms with Crippen molar-refractivity contribution in [2.45, 2.75) is 16.2 Å². The molecule has 21 heavy (non-hydrogen) atoms. The molecule has 0 aliphatic heterocycles. The van der Waals surface area contributed by atoms with Gasteiger partial charge in [-0.2, -0.15) is 0 Å². The monoisotopic (exact) mass is 344 g/mol. The first-order valence-electron chi connectivity index (χ1n) is 6.42. The first kappa shape index (κ1) is 15.0. The van der Waals surface area contributed by atoms with E-state index in [1.807, 2.05) is 24.3 Å². The predicted molar refractivity (Wildman–Crippen MR) is 84.3 cm³/mol. The van der Waals surface area contributed by atoms with Gasteiger partial charge in [-0.05, 0) is 35.4 Å². The summed E-state index contributed by atoms with van der Waals surface area (Å²) >= 11 is 18.5. The average molecular weight is 346 g/mol. The summed E-state index contributed by atoms with van der Waals surface area (Å²) in [5.74, 6) is 0.0789. The van der Waals surface area contributed by atoms with Gasteiger partial charge >= 0.3 is 0 Å². The summed E-state index contributed by atoms with van der Waals surface area (Å²) in [6.07, 6.45) is 0. The van der Waals surface area contributed by atoms with Crippen LogP contribution >= 0.6 is 34.8 Å². The minimum absolute atomic E-state index is 0.0766. The highest BCUT2D eigenvalue weighted by Crippen LogP contribution is 2.70. The van der Waals surface area contributed by atoms with Crippen LogP contribution in [0.25, 0.3) is 0 Å². The molecule has 0 amide bonds. The number of rotatable bonds is 3. The van der Waals surface area contributed by atoms with Crippen molar-refractivity contribution in [3.63, 3.8) is 0 Å². The van der Waals surface area contributed by atoms with Gasteiger partial charge in [-0.15, -0.1) is 23.2 Å². The van der Waals surface area contributed by atoms with Gasteiger partial charge < -0.3 is 4.74 Å². The second-order valence-corrected chi connectivity index (χ2v) is 6.93. The zero-order chi connectivity index (χ0) is 15.2. The number of alkyl halides is 2. The van der Waals surface area contributed by atoms with E-state index < -0.39 is 10.2 Å². The highest BCUT2D eigenvalue weighted by Gasteiger charge is 2.64. The van der Waals surface area contributed by atoms with E-state index in [1.54, 1.807) is 13.2 Å². The molecule has 3 rings (SSSR count). The molecule has 0 radical (unpaired) electrons. The second kappa shape index (κ2) is 5.35. The normalized spacial score (nSPS) is 22.9. The van der Waals surface area contributed by atoms with Crippen molar-refractivity contribution >= 4 is 34.8 Å². The van der Waals surface area contributed by atoms with Crippen LogP contribution in [0.2, 0.25) is 5.02 Å². The maximum atomic E-state index is 13.6. The minimum Gasteiger partial charge on any atom is -0.497 e. The predicted octanol–water partition coefficient (Wildman–Crippen LogP) is 5.54. The van der Waals surface area contributed by atoms with E-state index in [2.05, 4.69) is 0 Å². The fourth-order valence-electron chi connectivity index (χ4n) is 2.67. The molecular formula is C16H12Cl3FO. The van der Waals surface area contributed by atoms with Gasteiger partial charge in [-0.3, -0.25) is 0 Å². The maximum absolute atomic E-state index is 13.6. The molecule has 2 atom stereocenters. The van der Waals surface area contributed by atoms with Crippen LogP contribution in [0.4, 0.5) is 4.39 Å². The number of benzene rings is 2. The smallest absolute Gasteiger partial charge is 0.142 e. The molecule has 0 unspecified atom stereocenters. The molecule has 2 aromatic rings. The van der Waals surface area contributed by atoms with Gasteiger partial charge in [0.05, 0.1) is 12.1 Å². The third kappa shape index (κ3) is 2.61. The lowest BCUT2D eigenvalue weighted by Gasteiger charge is -2.03. The highest BCUT2D eigenvalue weighted by atomic mass is 35.5. The van der Waals surface area contributed by atoms with Gasteiger partial charge in [0.1, 0.15) is 15.9 Å². The maximum Gasteiger partial charge on any atom is 0.142 e. The van der Waals surface area contributed by atoms with E-state index in [4.69, 9.17) is 39.5 Å². The van der Waals surface area contributed by atoms with Crippen molar-refractivity contribution in [3.8, 4) is 5.75 Å². The Morgan fingerprint density at radius 1 is 1.00 bits per heavy atom. The van der Waals surface area contributed by atoms with E-state index in [-0.39, 0.29) is 16.9 Å². The van der Waals surface area contributed by atoms with Gasteiger partial charge in [0, 0.05) is 11.8 Å². The molecule has 0 N–H and O–H groups in total. The van der Waals surface area contributed by atoms with Crippen LogP contribution in [0, 0.1) is 5.82 Å². The van der Waals surface area contributed by atoms with E-state index in [9.17, 15) is 4.39 Å². The minimum atomic E-state index is -0.936. The number of halogens is 4. The number of hydrogen-bond donors (Lipinski definition) is 0. The highest BCUT2D eigenvalue weighted by molar-refractivity contribution is 6.52. The van der Waals surface area contributed by atoms with Gasteiger partial charge in [-0.1, -0.05) is 29.8 Å². The molecule has 0 aromatic heterocycles. The van der Waals surface area contributed by atoms with Crippen molar-refractivity contribution < 1.29 is 9.13 Å². The van der Waals surface area contributed by atoms with Gasteiger partial charge in [0.2, 0.25) is 0 Å². The Kier molecular flexibility index (Phi) is 3.81. The molecule has 0 spiro atoms. The van der Waals surface area contributed by atoms with Crippen LogP contribution < -0.4 is 4.74 Å².